The van der Waals surface area contributed by atoms with Gasteiger partial charge in [-0.05, 0) is 65.4 Å². The third kappa shape index (κ3) is 5.38. The molecule has 1 fully saturated rings. The average molecular weight is 480 g/mol. The number of hydrogen-bond donors (Lipinski definition) is 2. The molecule has 1 aliphatic carbocycles. The molecule has 0 atom stereocenters. The van der Waals surface area contributed by atoms with Crippen LogP contribution in [0, 0.1) is 5.92 Å². The molecule has 0 radical (unpaired) electrons. The molecule has 0 unspecified atom stereocenters. The summed E-state index contributed by atoms with van der Waals surface area (Å²) < 4.78 is 0. The summed E-state index contributed by atoms with van der Waals surface area (Å²) in [4.78, 5) is 33.9. The molecule has 1 heterocycles. The zero-order valence-electron chi connectivity index (χ0n) is 20.1. The van der Waals surface area contributed by atoms with Gasteiger partial charge >= 0.3 is 5.97 Å². The molecule has 0 aliphatic heterocycles. The van der Waals surface area contributed by atoms with Crippen molar-refractivity contribution >= 4 is 34.7 Å². The Hall–Kier alpha value is -4.19. The van der Waals surface area contributed by atoms with Gasteiger partial charge in [-0.1, -0.05) is 61.7 Å². The van der Waals surface area contributed by atoms with Crippen molar-refractivity contribution < 1.29 is 14.7 Å². The summed E-state index contributed by atoms with van der Waals surface area (Å²) in [6.45, 7) is 0.460. The van der Waals surface area contributed by atoms with E-state index in [1.54, 1.807) is 12.4 Å². The monoisotopic (exact) mass is 479 g/mol. The van der Waals surface area contributed by atoms with Gasteiger partial charge in [0.2, 0.25) is 5.91 Å². The lowest BCUT2D eigenvalue weighted by Crippen LogP contribution is -2.36. The maximum Gasteiger partial charge on any atom is 0.328 e. The topological polar surface area (TPSA) is 86.3 Å². The standard InChI is InChI=1S/C30H29N3O3/c34-29(35)16-11-21-5-4-8-26(17-21)33(30(36)24-6-2-1-3-7-24)19-22-9-12-23(13-10-22)25-14-15-27-28(18-25)32-20-31-27/h4-5,8-18,20,24H,1-3,6-7,19H2,(H,31,32)(H,34,35)/b16-11+. The maximum absolute atomic E-state index is 13.7. The summed E-state index contributed by atoms with van der Waals surface area (Å²) >= 11 is 0. The highest BCUT2D eigenvalue weighted by Crippen LogP contribution is 2.30. The minimum absolute atomic E-state index is 0.0253. The first kappa shape index (κ1) is 23.5. The Morgan fingerprint density at radius 3 is 2.53 bits per heavy atom. The van der Waals surface area contributed by atoms with Gasteiger partial charge < -0.3 is 15.0 Å². The van der Waals surface area contributed by atoms with Crippen molar-refractivity contribution in [3.05, 3.63) is 90.3 Å². The molecule has 1 amide bonds. The number of aliphatic carboxylic acids is 1. The number of hydrogen-bond acceptors (Lipinski definition) is 3. The van der Waals surface area contributed by atoms with E-state index in [1.807, 2.05) is 35.2 Å². The van der Waals surface area contributed by atoms with Gasteiger partial charge in [0, 0.05) is 17.7 Å². The van der Waals surface area contributed by atoms with Crippen LogP contribution in [0.1, 0.15) is 43.2 Å². The van der Waals surface area contributed by atoms with E-state index in [4.69, 9.17) is 5.11 Å². The number of benzene rings is 3. The van der Waals surface area contributed by atoms with E-state index >= 15 is 0 Å². The molecular weight excluding hydrogens is 450 g/mol. The van der Waals surface area contributed by atoms with E-state index in [1.165, 1.54) is 6.42 Å². The summed E-state index contributed by atoms with van der Waals surface area (Å²) in [5.74, 6) is -0.831. The molecule has 3 aromatic carbocycles. The first-order valence-electron chi connectivity index (χ1n) is 12.4. The van der Waals surface area contributed by atoms with Crippen LogP contribution in [0.2, 0.25) is 0 Å². The highest BCUT2D eigenvalue weighted by atomic mass is 16.4. The lowest BCUT2D eigenvalue weighted by molar-refractivity contribution is -0.131. The Morgan fingerprint density at radius 1 is 0.972 bits per heavy atom. The average Bonchev–Trinajstić information content (AvgIpc) is 3.39. The second-order valence-electron chi connectivity index (χ2n) is 9.36. The van der Waals surface area contributed by atoms with Crippen LogP contribution in [0.5, 0.6) is 0 Å². The van der Waals surface area contributed by atoms with Crippen molar-refractivity contribution in [2.24, 2.45) is 5.92 Å². The minimum atomic E-state index is -0.998. The highest BCUT2D eigenvalue weighted by molar-refractivity contribution is 5.95. The number of nitrogens with zero attached hydrogens (tertiary/aromatic N) is 2. The van der Waals surface area contributed by atoms with Gasteiger partial charge in [0.05, 0.1) is 23.9 Å². The molecule has 1 saturated carbocycles. The van der Waals surface area contributed by atoms with Crippen LogP contribution in [-0.2, 0) is 16.1 Å². The molecule has 36 heavy (non-hydrogen) atoms. The lowest BCUT2D eigenvalue weighted by atomic mass is 9.88. The SMILES string of the molecule is O=C(O)/C=C/c1cccc(N(Cc2ccc(-c3ccc4nc[nH]c4c3)cc2)C(=O)C2CCCCC2)c1. The normalized spacial score (nSPS) is 14.3. The second-order valence-corrected chi connectivity index (χ2v) is 9.36. The molecule has 1 aliphatic rings. The molecule has 182 valence electrons. The molecule has 6 heteroatoms. The molecule has 6 nitrogen and oxygen atoms in total. The summed E-state index contributed by atoms with van der Waals surface area (Å²) in [5, 5.41) is 9.00. The first-order chi connectivity index (χ1) is 17.6. The minimum Gasteiger partial charge on any atom is -0.478 e. The molecule has 1 aromatic heterocycles. The second kappa shape index (κ2) is 10.6. The third-order valence-electron chi connectivity index (χ3n) is 6.87. The van der Waals surface area contributed by atoms with Gasteiger partial charge in [-0.2, -0.15) is 0 Å². The molecular formula is C30H29N3O3. The van der Waals surface area contributed by atoms with Crippen LogP contribution < -0.4 is 4.90 Å². The summed E-state index contributed by atoms with van der Waals surface area (Å²) in [6.07, 6.45) is 9.56. The number of carboxylic acids is 1. The Balaban J connectivity index is 1.42. The number of carboxylic acid groups (broad SMARTS) is 1. The fourth-order valence-corrected chi connectivity index (χ4v) is 4.93. The zero-order valence-corrected chi connectivity index (χ0v) is 20.1. The molecule has 4 aromatic rings. The van der Waals surface area contributed by atoms with E-state index in [9.17, 15) is 9.59 Å². The number of carbonyl (C=O) groups is 2. The quantitative estimate of drug-likeness (QED) is 0.299. The fraction of sp³-hybridized carbons (Fsp3) is 0.233. The van der Waals surface area contributed by atoms with E-state index in [2.05, 4.69) is 46.4 Å². The number of carbonyl (C=O) groups excluding carboxylic acids is 1. The van der Waals surface area contributed by atoms with Gasteiger partial charge in [-0.3, -0.25) is 4.79 Å². The maximum atomic E-state index is 13.7. The molecule has 0 bridgehead atoms. The first-order valence-corrected chi connectivity index (χ1v) is 12.4. The van der Waals surface area contributed by atoms with Crippen molar-refractivity contribution in [2.45, 2.75) is 38.6 Å². The zero-order chi connectivity index (χ0) is 24.9. The predicted octanol–water partition coefficient (Wildman–Crippen LogP) is 6.44. The Labute approximate surface area is 210 Å². The number of nitrogens with one attached hydrogen (secondary N) is 1. The van der Waals surface area contributed by atoms with Gasteiger partial charge in [0.25, 0.3) is 0 Å². The van der Waals surface area contributed by atoms with Crippen LogP contribution in [0.4, 0.5) is 5.69 Å². The van der Waals surface area contributed by atoms with Gasteiger partial charge in [0.1, 0.15) is 0 Å². The summed E-state index contributed by atoms with van der Waals surface area (Å²) in [7, 11) is 0. The number of aromatic nitrogens is 2. The largest absolute Gasteiger partial charge is 0.478 e. The van der Waals surface area contributed by atoms with E-state index < -0.39 is 5.97 Å². The van der Waals surface area contributed by atoms with Crippen LogP contribution >= 0.6 is 0 Å². The van der Waals surface area contributed by atoms with Crippen molar-refractivity contribution in [3.8, 4) is 11.1 Å². The number of aromatic amines is 1. The van der Waals surface area contributed by atoms with Gasteiger partial charge in [-0.15, -0.1) is 0 Å². The number of fused-ring (bicyclic) bond motifs is 1. The van der Waals surface area contributed by atoms with Crippen LogP contribution in [-0.4, -0.2) is 27.0 Å². The molecule has 2 N–H and O–H groups in total. The third-order valence-corrected chi connectivity index (χ3v) is 6.87. The smallest absolute Gasteiger partial charge is 0.328 e. The van der Waals surface area contributed by atoms with Crippen LogP contribution in [0.25, 0.3) is 28.2 Å². The van der Waals surface area contributed by atoms with E-state index in [0.717, 1.165) is 70.7 Å². The fourth-order valence-electron chi connectivity index (χ4n) is 4.93. The lowest BCUT2D eigenvalue weighted by Gasteiger charge is -2.30. The van der Waals surface area contributed by atoms with Crippen molar-refractivity contribution in [1.29, 1.82) is 0 Å². The Kier molecular flexibility index (Phi) is 6.94. The summed E-state index contributed by atoms with van der Waals surface area (Å²) in [6, 6.07) is 22.0. The van der Waals surface area contributed by atoms with Crippen molar-refractivity contribution in [2.75, 3.05) is 4.90 Å². The van der Waals surface area contributed by atoms with E-state index in [-0.39, 0.29) is 11.8 Å². The highest BCUT2D eigenvalue weighted by Gasteiger charge is 2.27. The number of H-pyrrole nitrogens is 1. The Bertz CT molecular complexity index is 1400. The molecule has 0 spiro atoms. The van der Waals surface area contributed by atoms with Gasteiger partial charge in [-0.25, -0.2) is 9.78 Å². The number of rotatable bonds is 7. The van der Waals surface area contributed by atoms with Crippen LogP contribution in [0.15, 0.2) is 79.1 Å². The Morgan fingerprint density at radius 2 is 1.75 bits per heavy atom. The van der Waals surface area contributed by atoms with Crippen molar-refractivity contribution in [1.82, 2.24) is 9.97 Å². The van der Waals surface area contributed by atoms with Crippen LogP contribution in [0.3, 0.4) is 0 Å². The van der Waals surface area contributed by atoms with Crippen molar-refractivity contribution in [3.63, 3.8) is 0 Å². The summed E-state index contributed by atoms with van der Waals surface area (Å²) in [5.41, 5.74) is 6.71. The van der Waals surface area contributed by atoms with Gasteiger partial charge in [0.15, 0.2) is 0 Å². The molecule has 0 saturated heterocycles. The molecule has 5 rings (SSSR count). The predicted molar refractivity (Wildman–Crippen MR) is 142 cm³/mol. The number of anilines is 1. The van der Waals surface area contributed by atoms with E-state index in [0.29, 0.717) is 6.54 Å². The number of amides is 1. The number of imidazole rings is 1.